The Labute approximate surface area is 133 Å². The first kappa shape index (κ1) is 15.4. The van der Waals surface area contributed by atoms with E-state index >= 15 is 0 Å². The highest BCUT2D eigenvalue weighted by molar-refractivity contribution is 6.30. The number of tetrazole rings is 1. The molecule has 7 nitrogen and oxygen atoms in total. The molecule has 1 atom stereocenters. The summed E-state index contributed by atoms with van der Waals surface area (Å²) in [4.78, 5) is 3.59. The molecule has 2 aromatic rings. The SMILES string of the molecule is OC(CN1CCOCC1)Cn1nnc(-c2cccc(Cl)c2)n1. The molecule has 0 aliphatic carbocycles. The van der Waals surface area contributed by atoms with Crippen LogP contribution in [0.4, 0.5) is 0 Å². The van der Waals surface area contributed by atoms with Crippen LogP contribution < -0.4 is 0 Å². The van der Waals surface area contributed by atoms with Crippen LogP contribution in [-0.4, -0.2) is 69.2 Å². The molecule has 0 spiro atoms. The van der Waals surface area contributed by atoms with E-state index in [1.54, 1.807) is 12.1 Å². The fourth-order valence-corrected chi connectivity index (χ4v) is 2.58. The Hall–Kier alpha value is -1.54. The number of morpholine rings is 1. The standard InChI is InChI=1S/C14H18ClN5O2/c15-12-3-1-2-11(8-12)14-16-18-20(17-14)10-13(21)9-19-4-6-22-7-5-19/h1-3,8,13,21H,4-7,9-10H2. The lowest BCUT2D eigenvalue weighted by Crippen LogP contribution is -2.42. The van der Waals surface area contributed by atoms with E-state index < -0.39 is 6.10 Å². The molecule has 1 N–H and O–H groups in total. The van der Waals surface area contributed by atoms with Crippen molar-refractivity contribution >= 4 is 11.6 Å². The molecule has 8 heteroatoms. The number of nitrogens with zero attached hydrogens (tertiary/aromatic N) is 5. The summed E-state index contributed by atoms with van der Waals surface area (Å²) in [5, 5.41) is 23.1. The Kier molecular flexibility index (Phi) is 4.99. The first-order chi connectivity index (χ1) is 10.7. The summed E-state index contributed by atoms with van der Waals surface area (Å²) in [5.74, 6) is 0.501. The number of halogens is 1. The minimum Gasteiger partial charge on any atom is -0.390 e. The number of β-amino-alcohol motifs (C(OH)–C–C–N with tert-alkyl or cyclic N) is 1. The maximum Gasteiger partial charge on any atom is 0.204 e. The Morgan fingerprint density at radius 3 is 2.86 bits per heavy atom. The number of hydrogen-bond acceptors (Lipinski definition) is 6. The van der Waals surface area contributed by atoms with E-state index in [1.165, 1.54) is 4.80 Å². The summed E-state index contributed by atoms with van der Waals surface area (Å²) in [5.41, 5.74) is 0.807. The minimum atomic E-state index is -0.542. The van der Waals surface area contributed by atoms with Gasteiger partial charge in [0.15, 0.2) is 0 Å². The molecule has 3 rings (SSSR count). The summed E-state index contributed by atoms with van der Waals surface area (Å²) in [6.45, 7) is 4.01. The number of hydrogen-bond donors (Lipinski definition) is 1. The van der Waals surface area contributed by atoms with Crippen molar-refractivity contribution in [1.82, 2.24) is 25.1 Å². The topological polar surface area (TPSA) is 76.3 Å². The number of aromatic nitrogens is 4. The Bertz CT molecular complexity index is 615. The zero-order valence-corrected chi connectivity index (χ0v) is 12.9. The molecule has 0 radical (unpaired) electrons. The predicted molar refractivity (Wildman–Crippen MR) is 81.5 cm³/mol. The van der Waals surface area contributed by atoms with Gasteiger partial charge in [0.1, 0.15) is 0 Å². The number of aliphatic hydroxyl groups excluding tert-OH is 1. The van der Waals surface area contributed by atoms with E-state index in [0.29, 0.717) is 37.2 Å². The molecule has 22 heavy (non-hydrogen) atoms. The summed E-state index contributed by atoms with van der Waals surface area (Å²) in [6.07, 6.45) is -0.542. The van der Waals surface area contributed by atoms with Crippen LogP contribution >= 0.6 is 11.6 Å². The molecule has 1 aliphatic heterocycles. The Morgan fingerprint density at radius 2 is 2.09 bits per heavy atom. The lowest BCUT2D eigenvalue weighted by molar-refractivity contribution is 0.00988. The molecule has 1 fully saturated rings. The molecule has 1 unspecified atom stereocenters. The van der Waals surface area contributed by atoms with Crippen molar-refractivity contribution in [3.8, 4) is 11.4 Å². The highest BCUT2D eigenvalue weighted by atomic mass is 35.5. The molecule has 0 saturated carbocycles. The average Bonchev–Trinajstić information content (AvgIpc) is 2.96. The van der Waals surface area contributed by atoms with Gasteiger partial charge in [-0.05, 0) is 17.3 Å². The highest BCUT2D eigenvalue weighted by Crippen LogP contribution is 2.18. The number of ether oxygens (including phenoxy) is 1. The van der Waals surface area contributed by atoms with Gasteiger partial charge in [-0.1, -0.05) is 23.7 Å². The first-order valence-corrected chi connectivity index (χ1v) is 7.60. The summed E-state index contributed by atoms with van der Waals surface area (Å²) in [6, 6.07) is 7.29. The van der Waals surface area contributed by atoms with Crippen molar-refractivity contribution in [2.24, 2.45) is 0 Å². The van der Waals surface area contributed by atoms with E-state index in [1.807, 2.05) is 12.1 Å². The quantitative estimate of drug-likeness (QED) is 0.872. The van der Waals surface area contributed by atoms with E-state index in [0.717, 1.165) is 18.7 Å². The maximum absolute atomic E-state index is 10.1. The second-order valence-electron chi connectivity index (χ2n) is 5.25. The van der Waals surface area contributed by atoms with E-state index in [9.17, 15) is 5.11 Å². The van der Waals surface area contributed by atoms with Crippen LogP contribution in [0.2, 0.25) is 5.02 Å². The highest BCUT2D eigenvalue weighted by Gasteiger charge is 2.16. The number of benzene rings is 1. The number of aliphatic hydroxyl groups is 1. The van der Waals surface area contributed by atoms with Crippen molar-refractivity contribution in [2.45, 2.75) is 12.6 Å². The van der Waals surface area contributed by atoms with Crippen molar-refractivity contribution < 1.29 is 9.84 Å². The van der Waals surface area contributed by atoms with Gasteiger partial charge in [0.25, 0.3) is 0 Å². The van der Waals surface area contributed by atoms with Crippen LogP contribution in [0.3, 0.4) is 0 Å². The second kappa shape index (κ2) is 7.15. The number of rotatable bonds is 5. The van der Waals surface area contributed by atoms with Gasteiger partial charge >= 0.3 is 0 Å². The third kappa shape index (κ3) is 4.01. The van der Waals surface area contributed by atoms with Gasteiger partial charge in [-0.2, -0.15) is 4.80 Å². The molecule has 0 bridgehead atoms. The van der Waals surface area contributed by atoms with Crippen molar-refractivity contribution in [3.05, 3.63) is 29.3 Å². The summed E-state index contributed by atoms with van der Waals surface area (Å²) in [7, 11) is 0. The second-order valence-corrected chi connectivity index (χ2v) is 5.68. The lowest BCUT2D eigenvalue weighted by Gasteiger charge is -2.28. The van der Waals surface area contributed by atoms with Crippen LogP contribution in [0.1, 0.15) is 0 Å². The smallest absolute Gasteiger partial charge is 0.204 e. The van der Waals surface area contributed by atoms with Crippen LogP contribution in [0, 0.1) is 0 Å². The molecule has 1 aromatic heterocycles. The first-order valence-electron chi connectivity index (χ1n) is 7.22. The molecule has 118 valence electrons. The van der Waals surface area contributed by atoms with Gasteiger partial charge in [-0.3, -0.25) is 4.90 Å². The fourth-order valence-electron chi connectivity index (χ4n) is 2.39. The molecule has 1 aromatic carbocycles. The van der Waals surface area contributed by atoms with Crippen LogP contribution in [0.25, 0.3) is 11.4 Å². The molecule has 1 saturated heterocycles. The average molecular weight is 324 g/mol. The van der Waals surface area contributed by atoms with Crippen molar-refractivity contribution in [2.75, 3.05) is 32.8 Å². The van der Waals surface area contributed by atoms with Gasteiger partial charge in [0.05, 0.1) is 25.9 Å². The summed E-state index contributed by atoms with van der Waals surface area (Å²) >= 11 is 5.96. The van der Waals surface area contributed by atoms with Crippen molar-refractivity contribution in [3.63, 3.8) is 0 Å². The van der Waals surface area contributed by atoms with Gasteiger partial charge in [0.2, 0.25) is 5.82 Å². The lowest BCUT2D eigenvalue weighted by atomic mass is 10.2. The van der Waals surface area contributed by atoms with E-state index in [2.05, 4.69) is 20.3 Å². The molecular weight excluding hydrogens is 306 g/mol. The van der Waals surface area contributed by atoms with Gasteiger partial charge in [0, 0.05) is 30.2 Å². The Morgan fingerprint density at radius 1 is 1.27 bits per heavy atom. The van der Waals surface area contributed by atoms with Crippen LogP contribution in [0.15, 0.2) is 24.3 Å². The van der Waals surface area contributed by atoms with Crippen molar-refractivity contribution in [1.29, 1.82) is 0 Å². The van der Waals surface area contributed by atoms with Gasteiger partial charge in [-0.25, -0.2) is 0 Å². The summed E-state index contributed by atoms with van der Waals surface area (Å²) < 4.78 is 5.29. The molecule has 1 aliphatic rings. The zero-order chi connectivity index (χ0) is 15.4. The third-order valence-electron chi connectivity index (χ3n) is 3.48. The van der Waals surface area contributed by atoms with E-state index in [4.69, 9.17) is 16.3 Å². The molecule has 2 heterocycles. The normalized spacial score (nSPS) is 17.5. The van der Waals surface area contributed by atoms with Gasteiger partial charge in [-0.15, -0.1) is 10.2 Å². The monoisotopic (exact) mass is 323 g/mol. The van der Waals surface area contributed by atoms with Crippen LogP contribution in [-0.2, 0) is 11.3 Å². The predicted octanol–water partition coefficient (Wildman–Crippen LogP) is 0.687. The third-order valence-corrected chi connectivity index (χ3v) is 3.72. The van der Waals surface area contributed by atoms with E-state index in [-0.39, 0.29) is 0 Å². The zero-order valence-electron chi connectivity index (χ0n) is 12.1. The van der Waals surface area contributed by atoms with Crippen LogP contribution in [0.5, 0.6) is 0 Å². The Balaban J connectivity index is 1.59. The fraction of sp³-hybridized carbons (Fsp3) is 0.500. The maximum atomic E-state index is 10.1. The van der Waals surface area contributed by atoms with Gasteiger partial charge < -0.3 is 9.84 Å². The molecular formula is C14H18ClN5O2. The minimum absolute atomic E-state index is 0.310. The largest absolute Gasteiger partial charge is 0.390 e. The molecule has 0 amide bonds.